The van der Waals surface area contributed by atoms with Gasteiger partial charge in [0.05, 0.1) is 23.9 Å². The van der Waals surface area contributed by atoms with Crippen LogP contribution in [0.15, 0.2) is 89.1 Å². The molecule has 1 saturated carbocycles. The average Bonchev–Trinajstić information content (AvgIpc) is 3.90. The van der Waals surface area contributed by atoms with E-state index in [4.69, 9.17) is 25.2 Å². The molecule has 1 aromatic heterocycles. The largest absolute Gasteiger partial charge is 0.493 e. The van der Waals surface area contributed by atoms with Gasteiger partial charge in [-0.05, 0) is 102 Å². The van der Waals surface area contributed by atoms with E-state index >= 15 is 0 Å². The van der Waals surface area contributed by atoms with Crippen LogP contribution in [0.5, 0.6) is 17.2 Å². The number of amides is 1. The third-order valence-corrected chi connectivity index (χ3v) is 14.6. The van der Waals surface area contributed by atoms with Gasteiger partial charge in [-0.25, -0.2) is 18.2 Å². The Bertz CT molecular complexity index is 2510. The lowest BCUT2D eigenvalue weighted by atomic mass is 9.94. The molecule has 304 valence electrons. The van der Waals surface area contributed by atoms with Crippen molar-refractivity contribution in [3.8, 4) is 34.4 Å². The van der Waals surface area contributed by atoms with Crippen LogP contribution in [0, 0.1) is 24.2 Å². The van der Waals surface area contributed by atoms with Crippen LogP contribution < -0.4 is 25.3 Å². The summed E-state index contributed by atoms with van der Waals surface area (Å²) in [6.45, 7) is 2.29. The molecule has 3 aliphatic rings. The molecular formula is C44H43N5O8S2. The van der Waals surface area contributed by atoms with Crippen molar-refractivity contribution in [3.05, 3.63) is 118 Å². The van der Waals surface area contributed by atoms with E-state index in [0.717, 1.165) is 38.1 Å². The molecule has 3 unspecified atom stereocenters. The Balaban J connectivity index is 1.01. The Kier molecular flexibility index (Phi) is 11.3. The van der Waals surface area contributed by atoms with Crippen LogP contribution in [0.4, 0.5) is 5.13 Å². The number of nitrogens with two attached hydrogens (primary N) is 1. The van der Waals surface area contributed by atoms with Gasteiger partial charge >= 0.3 is 5.97 Å². The number of benzene rings is 4. The second kappa shape index (κ2) is 16.7. The summed E-state index contributed by atoms with van der Waals surface area (Å²) in [5, 5.41) is 22.1. The summed E-state index contributed by atoms with van der Waals surface area (Å²) in [6, 6.07) is 25.1. The molecule has 8 rings (SSSR count). The summed E-state index contributed by atoms with van der Waals surface area (Å²) < 4.78 is 48.4. The number of nitrogen functional groups attached to an aromatic ring is 1. The minimum Gasteiger partial charge on any atom is -0.493 e. The van der Waals surface area contributed by atoms with E-state index < -0.39 is 40.1 Å². The Morgan fingerprint density at radius 3 is 2.34 bits per heavy atom. The molecular weight excluding hydrogens is 791 g/mol. The molecule has 0 bridgehead atoms. The van der Waals surface area contributed by atoms with Crippen molar-refractivity contribution in [2.24, 2.45) is 5.92 Å². The molecule has 2 aliphatic heterocycles. The number of fused-ring (bicyclic) bond motifs is 2. The number of anilines is 1. The number of hydrogen-bond donors (Lipinski definition) is 3. The highest BCUT2D eigenvalue weighted by atomic mass is 32.2. The predicted molar refractivity (Wildman–Crippen MR) is 221 cm³/mol. The number of ether oxygens (including phenoxy) is 3. The Morgan fingerprint density at radius 1 is 1.02 bits per heavy atom. The second-order valence-corrected chi connectivity index (χ2v) is 18.3. The van der Waals surface area contributed by atoms with Crippen molar-refractivity contribution >= 4 is 38.4 Å². The number of rotatable bonds is 12. The number of nitriles is 1. The maximum atomic E-state index is 14.4. The average molecular weight is 834 g/mol. The highest BCUT2D eigenvalue weighted by Crippen LogP contribution is 2.42. The van der Waals surface area contributed by atoms with E-state index in [9.17, 15) is 23.1 Å². The Morgan fingerprint density at radius 2 is 1.69 bits per heavy atom. The third kappa shape index (κ3) is 8.61. The number of nitrogens with one attached hydrogen (secondary N) is 1. The molecule has 3 heterocycles. The SMILES string of the molecule is Cc1nc(N)sc1S(=O)(=O)N1Cc2cc3c(cc2CC1C(=O)NC(Cc1ccc(-c2ccc(C#N)cc2)cc1)C(=O)O)OCC(c1ccc(OCC2CCCC2)cc1)O3. The molecule has 1 aliphatic carbocycles. The van der Waals surface area contributed by atoms with Gasteiger partial charge in [0.25, 0.3) is 10.0 Å². The quantitative estimate of drug-likeness (QED) is 0.123. The van der Waals surface area contributed by atoms with Gasteiger partial charge in [0.15, 0.2) is 26.9 Å². The van der Waals surface area contributed by atoms with Crippen molar-refractivity contribution in [2.75, 3.05) is 18.9 Å². The number of carbonyl (C=O) groups excluding carboxylic acids is 1. The smallest absolute Gasteiger partial charge is 0.326 e. The number of carboxylic acids is 1. The van der Waals surface area contributed by atoms with Gasteiger partial charge in [0.1, 0.15) is 24.4 Å². The molecule has 13 nitrogen and oxygen atoms in total. The van der Waals surface area contributed by atoms with E-state index in [1.54, 1.807) is 36.4 Å². The maximum Gasteiger partial charge on any atom is 0.326 e. The van der Waals surface area contributed by atoms with Crippen LogP contribution in [-0.4, -0.2) is 60.0 Å². The molecule has 4 aromatic carbocycles. The number of nitrogens with zero attached hydrogens (tertiary/aromatic N) is 3. The zero-order valence-corrected chi connectivity index (χ0v) is 33.9. The molecule has 59 heavy (non-hydrogen) atoms. The monoisotopic (exact) mass is 833 g/mol. The fourth-order valence-corrected chi connectivity index (χ4v) is 10.9. The van der Waals surface area contributed by atoms with Gasteiger partial charge < -0.3 is 30.4 Å². The van der Waals surface area contributed by atoms with Crippen LogP contribution in [0.1, 0.15) is 65.3 Å². The molecule has 1 amide bonds. The zero-order valence-electron chi connectivity index (χ0n) is 32.3. The second-order valence-electron chi connectivity index (χ2n) is 15.2. The van der Waals surface area contributed by atoms with Crippen LogP contribution in [-0.2, 0) is 39.0 Å². The van der Waals surface area contributed by atoms with Crippen molar-refractivity contribution in [3.63, 3.8) is 0 Å². The zero-order chi connectivity index (χ0) is 41.3. The fraction of sp³-hybridized carbons (Fsp3) is 0.318. The van der Waals surface area contributed by atoms with Gasteiger partial charge in [-0.15, -0.1) is 0 Å². The normalized spacial score (nSPS) is 18.4. The Hall–Kier alpha value is -5.95. The first kappa shape index (κ1) is 39.9. The van der Waals surface area contributed by atoms with E-state index in [1.165, 1.54) is 32.6 Å². The number of carbonyl (C=O) groups is 2. The lowest BCUT2D eigenvalue weighted by Crippen LogP contribution is -2.55. The lowest BCUT2D eigenvalue weighted by Gasteiger charge is -2.36. The molecule has 5 aromatic rings. The molecule has 4 N–H and O–H groups in total. The van der Waals surface area contributed by atoms with Crippen LogP contribution in [0.2, 0.25) is 0 Å². The van der Waals surface area contributed by atoms with Crippen molar-refractivity contribution in [1.29, 1.82) is 5.26 Å². The minimum atomic E-state index is -4.35. The highest BCUT2D eigenvalue weighted by molar-refractivity contribution is 7.91. The van der Waals surface area contributed by atoms with Crippen molar-refractivity contribution < 1.29 is 37.3 Å². The standard InChI is InChI=1S/C44H43N5O8S2/c1-26-43(58-44(46)47-26)59(53,54)49-23-34-21-39-38(56-25-40(57-39)32-14-16-35(17-15-32)55-24-29-4-2-3-5-29)20-33(34)19-37(49)41(50)48-36(42(51)52)18-27-6-10-30(11-7-27)31-12-8-28(22-45)9-13-31/h6-17,20-21,29,36-37,40H,2-5,18-19,23-25H2,1H3,(H2,46,47)(H,48,50)(H,51,52). The van der Waals surface area contributed by atoms with Crippen LogP contribution in [0.3, 0.4) is 0 Å². The van der Waals surface area contributed by atoms with Crippen molar-refractivity contribution in [1.82, 2.24) is 14.6 Å². The van der Waals surface area contributed by atoms with E-state index in [0.29, 0.717) is 46.3 Å². The Labute approximate surface area is 346 Å². The minimum absolute atomic E-state index is 0.0503. The number of aromatic nitrogens is 1. The number of thiazole rings is 1. The summed E-state index contributed by atoms with van der Waals surface area (Å²) in [5.74, 6) is 0.273. The first-order valence-corrected chi connectivity index (χ1v) is 21.8. The van der Waals surface area contributed by atoms with Gasteiger partial charge in [0, 0.05) is 13.0 Å². The van der Waals surface area contributed by atoms with Gasteiger partial charge in [-0.3, -0.25) is 4.79 Å². The molecule has 0 radical (unpaired) electrons. The summed E-state index contributed by atoms with van der Waals surface area (Å²) >= 11 is 0.806. The summed E-state index contributed by atoms with van der Waals surface area (Å²) in [4.78, 5) is 30.9. The summed E-state index contributed by atoms with van der Waals surface area (Å²) in [6.07, 6.45) is 4.40. The maximum absolute atomic E-state index is 14.4. The first-order valence-electron chi connectivity index (χ1n) is 19.5. The van der Waals surface area contributed by atoms with Gasteiger partial charge in [-0.1, -0.05) is 72.7 Å². The molecule has 3 atom stereocenters. The first-order chi connectivity index (χ1) is 28.4. The van der Waals surface area contributed by atoms with Crippen molar-refractivity contribution in [2.45, 2.75) is 74.4 Å². The highest BCUT2D eigenvalue weighted by Gasteiger charge is 2.43. The molecule has 1 fully saturated rings. The topological polar surface area (TPSA) is 194 Å². The van der Waals surface area contributed by atoms with Crippen LogP contribution in [0.25, 0.3) is 11.1 Å². The third-order valence-electron chi connectivity index (χ3n) is 11.2. The lowest BCUT2D eigenvalue weighted by molar-refractivity contribution is -0.142. The van der Waals surface area contributed by atoms with E-state index in [-0.39, 0.29) is 41.0 Å². The summed E-state index contributed by atoms with van der Waals surface area (Å²) in [5.41, 5.74) is 11.3. The van der Waals surface area contributed by atoms with Gasteiger partial charge in [-0.2, -0.15) is 9.57 Å². The van der Waals surface area contributed by atoms with E-state index in [2.05, 4.69) is 16.4 Å². The number of carboxylic acid groups (broad SMARTS) is 1. The molecule has 0 spiro atoms. The predicted octanol–water partition coefficient (Wildman–Crippen LogP) is 6.58. The van der Waals surface area contributed by atoms with E-state index in [1.807, 2.05) is 48.5 Å². The fourth-order valence-electron chi connectivity index (χ4n) is 7.96. The molecule has 0 saturated heterocycles. The number of aliphatic carboxylic acids is 1. The van der Waals surface area contributed by atoms with Gasteiger partial charge in [0.2, 0.25) is 5.91 Å². The number of hydrogen-bond acceptors (Lipinski definition) is 11. The van der Waals surface area contributed by atoms with Crippen LogP contribution >= 0.6 is 11.3 Å². The number of aryl methyl sites for hydroxylation is 1. The summed E-state index contributed by atoms with van der Waals surface area (Å²) in [7, 11) is -4.35. The molecule has 15 heteroatoms. The number of sulfonamides is 1.